The molecule has 452 valence electrons. The Kier molecular flexibility index (Phi) is 55.7. The van der Waals surface area contributed by atoms with Gasteiger partial charge in [-0.15, -0.1) is 0 Å². The fraction of sp³-hybridized carbons (Fsp3) is 0.851. The molecule has 0 aliphatic rings. The summed E-state index contributed by atoms with van der Waals surface area (Å²) < 4.78 is 30.7. The third kappa shape index (κ3) is 58.4. The number of amides is 1. The van der Waals surface area contributed by atoms with Gasteiger partial charge in [0.25, 0.3) is 0 Å². The fourth-order valence-electron chi connectivity index (χ4n) is 9.65. The Morgan fingerprint density at radius 2 is 0.792 bits per heavy atom. The van der Waals surface area contributed by atoms with Crippen molar-refractivity contribution in [3.63, 3.8) is 0 Å². The largest absolute Gasteiger partial charge is 0.472 e. The first-order chi connectivity index (χ1) is 37.4. The highest BCUT2D eigenvalue weighted by Gasteiger charge is 2.30. The van der Waals surface area contributed by atoms with Crippen molar-refractivity contribution in [1.82, 2.24) is 5.32 Å². The fourth-order valence-corrected chi connectivity index (χ4v) is 10.4. The van der Waals surface area contributed by atoms with E-state index in [1.165, 1.54) is 212 Å². The van der Waals surface area contributed by atoms with Crippen LogP contribution in [-0.2, 0) is 27.9 Å². The number of nitrogens with zero attached hydrogens (tertiary/aromatic N) is 1. The molecule has 0 aromatic carbocycles. The first-order valence-corrected chi connectivity index (χ1v) is 34.5. The van der Waals surface area contributed by atoms with E-state index in [-0.39, 0.29) is 25.1 Å². The molecule has 0 rings (SSSR count). The van der Waals surface area contributed by atoms with Gasteiger partial charge < -0.3 is 19.4 Å². The van der Waals surface area contributed by atoms with Gasteiger partial charge in [0.05, 0.1) is 33.8 Å². The van der Waals surface area contributed by atoms with Gasteiger partial charge in [-0.25, -0.2) is 4.57 Å². The lowest BCUT2D eigenvalue weighted by Gasteiger charge is -2.27. The van der Waals surface area contributed by atoms with Crippen LogP contribution in [0.15, 0.2) is 48.6 Å². The number of allylic oxidation sites excluding steroid dienone is 7. The van der Waals surface area contributed by atoms with E-state index in [9.17, 15) is 19.0 Å². The molecule has 0 radical (unpaired) electrons. The van der Waals surface area contributed by atoms with Crippen molar-refractivity contribution >= 4 is 19.7 Å². The van der Waals surface area contributed by atoms with Crippen molar-refractivity contribution in [1.29, 1.82) is 0 Å². The van der Waals surface area contributed by atoms with E-state index in [0.717, 1.165) is 70.6 Å². The van der Waals surface area contributed by atoms with Gasteiger partial charge in [0.15, 0.2) is 0 Å². The molecular formula is C67H128N2O7P+. The van der Waals surface area contributed by atoms with E-state index in [0.29, 0.717) is 23.9 Å². The van der Waals surface area contributed by atoms with Crippen LogP contribution in [0.2, 0.25) is 0 Å². The van der Waals surface area contributed by atoms with Crippen molar-refractivity contribution in [3.05, 3.63) is 48.6 Å². The molecular weight excluding hydrogens is 976 g/mol. The molecule has 10 heteroatoms. The van der Waals surface area contributed by atoms with Gasteiger partial charge in [0, 0.05) is 12.8 Å². The van der Waals surface area contributed by atoms with E-state index in [1.807, 2.05) is 33.3 Å². The normalized spacial score (nSPS) is 13.9. The molecule has 9 nitrogen and oxygen atoms in total. The Morgan fingerprint density at radius 1 is 0.455 bits per heavy atom. The third-order valence-corrected chi connectivity index (χ3v) is 15.8. The lowest BCUT2D eigenvalue weighted by Crippen LogP contribution is -2.47. The molecule has 0 saturated carbocycles. The summed E-state index contributed by atoms with van der Waals surface area (Å²) >= 11 is 0. The zero-order valence-corrected chi connectivity index (χ0v) is 52.6. The number of carbonyl (C=O) groups is 2. The number of phosphoric acid groups is 1. The number of esters is 1. The molecule has 0 aliphatic heterocycles. The second-order valence-electron chi connectivity index (χ2n) is 23.6. The Morgan fingerprint density at radius 3 is 1.21 bits per heavy atom. The monoisotopic (exact) mass is 1100 g/mol. The summed E-state index contributed by atoms with van der Waals surface area (Å²) in [5, 5.41) is 3.07. The number of hydrogen-bond donors (Lipinski definition) is 2. The highest BCUT2D eigenvalue weighted by atomic mass is 31.2. The average molecular weight is 1100 g/mol. The van der Waals surface area contributed by atoms with Gasteiger partial charge in [-0.3, -0.25) is 18.6 Å². The maximum atomic E-state index is 13.6. The van der Waals surface area contributed by atoms with Crippen LogP contribution in [-0.4, -0.2) is 74.3 Å². The minimum atomic E-state index is -4.45. The zero-order chi connectivity index (χ0) is 56.4. The summed E-state index contributed by atoms with van der Waals surface area (Å²) in [6, 6.07) is -0.846. The average Bonchev–Trinajstić information content (AvgIpc) is 3.39. The highest BCUT2D eigenvalue weighted by molar-refractivity contribution is 7.47. The van der Waals surface area contributed by atoms with Gasteiger partial charge in [-0.1, -0.05) is 282 Å². The molecule has 3 atom stereocenters. The van der Waals surface area contributed by atoms with E-state index in [4.69, 9.17) is 13.8 Å². The molecule has 0 fully saturated rings. The molecule has 0 aromatic rings. The van der Waals surface area contributed by atoms with E-state index < -0.39 is 20.0 Å². The number of rotatable bonds is 60. The van der Waals surface area contributed by atoms with Crippen LogP contribution in [0.25, 0.3) is 0 Å². The maximum absolute atomic E-state index is 13.6. The number of unbranched alkanes of at least 4 members (excludes halogenated alkanes) is 38. The van der Waals surface area contributed by atoms with Gasteiger partial charge in [-0.2, -0.15) is 0 Å². The van der Waals surface area contributed by atoms with Crippen LogP contribution in [0.3, 0.4) is 0 Å². The first kappa shape index (κ1) is 75.0. The van der Waals surface area contributed by atoms with Crippen LogP contribution in [0.5, 0.6) is 0 Å². The second kappa shape index (κ2) is 57.2. The second-order valence-corrected chi connectivity index (χ2v) is 25.1. The third-order valence-electron chi connectivity index (χ3n) is 14.8. The summed E-state index contributed by atoms with van der Waals surface area (Å²) in [6.45, 7) is 7.02. The minimum Gasteiger partial charge on any atom is -0.456 e. The van der Waals surface area contributed by atoms with Crippen molar-refractivity contribution in [2.75, 3.05) is 40.9 Å². The number of carbonyl (C=O) groups excluding carboxylic acids is 2. The van der Waals surface area contributed by atoms with Crippen molar-refractivity contribution in [2.45, 2.75) is 328 Å². The molecule has 77 heavy (non-hydrogen) atoms. The minimum absolute atomic E-state index is 0.0415. The lowest BCUT2D eigenvalue weighted by molar-refractivity contribution is -0.870. The molecule has 0 bridgehead atoms. The number of ether oxygens (including phenoxy) is 1. The van der Waals surface area contributed by atoms with Gasteiger partial charge >= 0.3 is 13.8 Å². The van der Waals surface area contributed by atoms with Crippen LogP contribution in [0.1, 0.15) is 316 Å². The smallest absolute Gasteiger partial charge is 0.456 e. The Balaban J connectivity index is 5.09. The zero-order valence-electron chi connectivity index (χ0n) is 51.7. The molecule has 3 unspecified atom stereocenters. The van der Waals surface area contributed by atoms with E-state index in [1.54, 1.807) is 0 Å². The highest BCUT2D eigenvalue weighted by Crippen LogP contribution is 2.43. The van der Waals surface area contributed by atoms with Crippen LogP contribution < -0.4 is 5.32 Å². The summed E-state index contributed by atoms with van der Waals surface area (Å²) in [7, 11) is 1.51. The topological polar surface area (TPSA) is 111 Å². The predicted molar refractivity (Wildman–Crippen MR) is 332 cm³/mol. The van der Waals surface area contributed by atoms with E-state index >= 15 is 0 Å². The Hall–Kier alpha value is -2.03. The lowest BCUT2D eigenvalue weighted by atomic mass is 10.0. The Bertz CT molecular complexity index is 1460. The van der Waals surface area contributed by atoms with Crippen LogP contribution in [0.4, 0.5) is 0 Å². The Labute approximate surface area is 478 Å². The number of quaternary nitrogens is 1. The number of hydrogen-bond acceptors (Lipinski definition) is 6. The van der Waals surface area contributed by atoms with Gasteiger partial charge in [0.1, 0.15) is 19.3 Å². The maximum Gasteiger partial charge on any atom is 0.472 e. The molecule has 2 N–H and O–H groups in total. The van der Waals surface area contributed by atoms with Crippen molar-refractivity contribution in [2.24, 2.45) is 0 Å². The van der Waals surface area contributed by atoms with Gasteiger partial charge in [0.2, 0.25) is 5.91 Å². The van der Waals surface area contributed by atoms with E-state index in [2.05, 4.69) is 62.5 Å². The summed E-state index contributed by atoms with van der Waals surface area (Å²) in [5.41, 5.74) is 0. The van der Waals surface area contributed by atoms with Crippen LogP contribution >= 0.6 is 7.82 Å². The quantitative estimate of drug-likeness (QED) is 0.0205. The van der Waals surface area contributed by atoms with Gasteiger partial charge in [-0.05, 0) is 70.3 Å². The summed E-state index contributed by atoms with van der Waals surface area (Å²) in [4.78, 5) is 37.8. The number of nitrogens with one attached hydrogen (secondary N) is 1. The molecule has 1 amide bonds. The molecule has 0 saturated heterocycles. The van der Waals surface area contributed by atoms with Crippen LogP contribution in [0, 0.1) is 0 Å². The van der Waals surface area contributed by atoms with Crippen molar-refractivity contribution in [3.8, 4) is 0 Å². The first-order valence-electron chi connectivity index (χ1n) is 33.0. The molecule has 0 spiro atoms. The number of likely N-dealkylation sites (N-methyl/N-ethyl adjacent to an activating group) is 1. The number of phosphoric ester groups is 1. The summed E-state index contributed by atoms with van der Waals surface area (Å²) in [6.07, 6.45) is 71.1. The molecule has 0 aromatic heterocycles. The van der Waals surface area contributed by atoms with Crippen molar-refractivity contribution < 1.29 is 37.3 Å². The SMILES string of the molecule is CCCCC/C=C\C/C=C\C/C=C\CCCCCCCCCCCCCCC(=O)NC(COP(=O)(O)OCC[N+](C)(C)C)C(/C=C\CCCCCCCCCCCCC)OC(=O)CCCCCCCCCCCCCCC. The molecule has 0 aliphatic carbocycles. The standard InChI is InChI=1S/C67H127N2O7P/c1-7-10-13-16-19-22-25-28-29-30-31-32-33-34-35-36-37-38-39-42-44-47-50-53-56-59-66(70)68-64(63-75-77(72,73)74-62-61-69(4,5)6)65(58-55-52-49-46-43-40-26-23-20-17-14-11-8-2)76-67(71)60-57-54-51-48-45-41-27-24-21-18-15-12-9-3/h19,22,28-29,31-32,55,58,64-65H,7-18,20-21,23-27,30,33-54,56-57,59-63H2,1-6H3,(H-,68,70,72,73)/p+1/b22-19-,29-28-,32-31-,58-55-. The predicted octanol–water partition coefficient (Wildman–Crippen LogP) is 20.5. The molecule has 0 heterocycles. The summed E-state index contributed by atoms with van der Waals surface area (Å²) in [5.74, 6) is -0.494.